The Bertz CT molecular complexity index is 1500. The average Bonchev–Trinajstić information content (AvgIpc) is 3.40. The highest BCUT2D eigenvalue weighted by atomic mass is 19.1. The lowest BCUT2D eigenvalue weighted by molar-refractivity contribution is 0.413. The first-order valence-electron chi connectivity index (χ1n) is 9.49. The van der Waals surface area contributed by atoms with Gasteiger partial charge in [0.15, 0.2) is 23.0 Å². The monoisotopic (exact) mass is 420 g/mol. The summed E-state index contributed by atoms with van der Waals surface area (Å²) in [6.45, 7) is 3.57. The maximum atomic E-state index is 14.7. The van der Waals surface area contributed by atoms with Crippen LogP contribution in [0.2, 0.25) is 0 Å². The third-order valence-electron chi connectivity index (χ3n) is 5.18. The van der Waals surface area contributed by atoms with Crippen LogP contribution in [-0.4, -0.2) is 36.4 Å². The third-order valence-corrected chi connectivity index (χ3v) is 5.18. The van der Waals surface area contributed by atoms with Gasteiger partial charge in [-0.05, 0) is 32.0 Å². The number of hydrogen-bond donors (Lipinski definition) is 0. The van der Waals surface area contributed by atoms with E-state index in [4.69, 9.17) is 9.26 Å². The molecule has 10 heteroatoms. The van der Waals surface area contributed by atoms with Crippen molar-refractivity contribution < 1.29 is 13.7 Å². The van der Waals surface area contributed by atoms with Crippen molar-refractivity contribution in [1.29, 1.82) is 0 Å². The van der Waals surface area contributed by atoms with Crippen LogP contribution in [0.5, 0.6) is 5.75 Å². The van der Waals surface area contributed by atoms with E-state index in [9.17, 15) is 9.18 Å². The van der Waals surface area contributed by atoms with Crippen molar-refractivity contribution in [2.75, 3.05) is 7.11 Å². The summed E-state index contributed by atoms with van der Waals surface area (Å²) in [6.07, 6.45) is 4.86. The molecule has 0 radical (unpaired) electrons. The van der Waals surface area contributed by atoms with Gasteiger partial charge in [0.2, 0.25) is 0 Å². The van der Waals surface area contributed by atoms with E-state index in [-0.39, 0.29) is 11.2 Å². The van der Waals surface area contributed by atoms with E-state index in [0.717, 1.165) is 0 Å². The van der Waals surface area contributed by atoms with E-state index in [1.807, 2.05) is 0 Å². The van der Waals surface area contributed by atoms with Crippen molar-refractivity contribution in [2.45, 2.75) is 19.9 Å². The first-order chi connectivity index (χ1) is 15.0. The maximum Gasteiger partial charge on any atom is 0.260 e. The number of nitrogens with zero attached hydrogens (tertiary/aromatic N) is 6. The second kappa shape index (κ2) is 7.01. The van der Waals surface area contributed by atoms with E-state index in [0.29, 0.717) is 39.5 Å². The molecule has 9 nitrogen and oxygen atoms in total. The van der Waals surface area contributed by atoms with Gasteiger partial charge in [-0.2, -0.15) is 0 Å². The van der Waals surface area contributed by atoms with Crippen LogP contribution < -0.4 is 10.3 Å². The number of pyridine rings is 3. The van der Waals surface area contributed by atoms with Crippen LogP contribution >= 0.6 is 0 Å². The van der Waals surface area contributed by atoms with Crippen molar-refractivity contribution in [2.24, 2.45) is 0 Å². The molecular weight excluding hydrogens is 403 g/mol. The number of methoxy groups -OCH3 is 1. The van der Waals surface area contributed by atoms with Gasteiger partial charge in [0.1, 0.15) is 5.75 Å². The van der Waals surface area contributed by atoms with E-state index in [1.54, 1.807) is 50.6 Å². The van der Waals surface area contributed by atoms with Crippen LogP contribution in [0.3, 0.4) is 0 Å². The van der Waals surface area contributed by atoms with Crippen LogP contribution in [0.4, 0.5) is 4.39 Å². The molecule has 0 fully saturated rings. The molecule has 0 aliphatic heterocycles. The molecule has 0 aliphatic rings. The maximum absolute atomic E-state index is 14.7. The molecule has 0 bridgehead atoms. The molecule has 0 unspecified atom stereocenters. The number of halogens is 1. The zero-order valence-corrected chi connectivity index (χ0v) is 16.9. The summed E-state index contributed by atoms with van der Waals surface area (Å²) in [5, 5.41) is 12.4. The van der Waals surface area contributed by atoms with Gasteiger partial charge in [0.05, 0.1) is 35.9 Å². The molecule has 156 valence electrons. The molecule has 0 aromatic carbocycles. The highest BCUT2D eigenvalue weighted by molar-refractivity contribution is 5.78. The minimum atomic E-state index is -0.558. The van der Waals surface area contributed by atoms with Crippen LogP contribution in [0.15, 0.2) is 52.2 Å². The summed E-state index contributed by atoms with van der Waals surface area (Å²) in [7, 11) is 1.51. The van der Waals surface area contributed by atoms with Crippen LogP contribution in [0, 0.1) is 12.7 Å². The predicted molar refractivity (Wildman–Crippen MR) is 110 cm³/mol. The zero-order valence-electron chi connectivity index (χ0n) is 16.9. The van der Waals surface area contributed by atoms with Crippen molar-refractivity contribution in [3.63, 3.8) is 0 Å². The normalized spacial score (nSPS) is 12.5. The molecule has 0 saturated heterocycles. The minimum absolute atomic E-state index is 0.0546. The lowest BCUT2D eigenvalue weighted by Crippen LogP contribution is -2.25. The molecule has 1 atom stereocenters. The summed E-state index contributed by atoms with van der Waals surface area (Å²) < 4.78 is 28.2. The molecule has 0 amide bonds. The molecule has 0 spiro atoms. The summed E-state index contributed by atoms with van der Waals surface area (Å²) in [6, 6.07) is 5.86. The minimum Gasteiger partial charge on any atom is -0.495 e. The van der Waals surface area contributed by atoms with Crippen LogP contribution in [0.1, 0.15) is 24.5 Å². The fourth-order valence-corrected chi connectivity index (χ4v) is 3.55. The molecule has 0 aliphatic carbocycles. The Hall–Kier alpha value is -4.08. The average molecular weight is 420 g/mol. The highest BCUT2D eigenvalue weighted by Gasteiger charge is 2.21. The fraction of sp³-hybridized carbons (Fsp3) is 0.190. The fourth-order valence-electron chi connectivity index (χ4n) is 3.55. The smallest absolute Gasteiger partial charge is 0.260 e. The van der Waals surface area contributed by atoms with Gasteiger partial charge in [-0.1, -0.05) is 5.16 Å². The Labute approximate surface area is 174 Å². The quantitative estimate of drug-likeness (QED) is 0.440. The Kier molecular flexibility index (Phi) is 4.28. The Balaban J connectivity index is 1.66. The number of hydrogen-bond acceptors (Lipinski definition) is 7. The lowest BCUT2D eigenvalue weighted by Gasteiger charge is -2.15. The molecule has 0 saturated carbocycles. The van der Waals surface area contributed by atoms with E-state index < -0.39 is 11.9 Å². The number of rotatable bonds is 4. The second-order valence-corrected chi connectivity index (χ2v) is 7.17. The SMILES string of the molecule is COc1cnc2ccn([C@@H](C)c3nnc4c(F)cc(-c5cc(C)no5)cn34)c(=O)c2c1. The summed E-state index contributed by atoms with van der Waals surface area (Å²) in [5.74, 6) is 0.741. The molecule has 0 N–H and O–H groups in total. The third kappa shape index (κ3) is 3.03. The number of fused-ring (bicyclic) bond motifs is 2. The Morgan fingerprint density at radius 2 is 2.06 bits per heavy atom. The first-order valence-corrected chi connectivity index (χ1v) is 9.49. The molecule has 5 rings (SSSR count). The summed E-state index contributed by atoms with van der Waals surface area (Å²) in [5.41, 5.74) is 1.50. The van der Waals surface area contributed by atoms with Gasteiger partial charge in [-0.15, -0.1) is 10.2 Å². The molecule has 5 aromatic rings. The Morgan fingerprint density at radius 3 is 2.81 bits per heavy atom. The van der Waals surface area contributed by atoms with Crippen LogP contribution in [0.25, 0.3) is 27.9 Å². The molecular formula is C21H17FN6O3. The van der Waals surface area contributed by atoms with E-state index in [2.05, 4.69) is 20.3 Å². The van der Waals surface area contributed by atoms with Crippen molar-refractivity contribution >= 4 is 16.6 Å². The molecule has 5 aromatic heterocycles. The molecule has 31 heavy (non-hydrogen) atoms. The van der Waals surface area contributed by atoms with E-state index >= 15 is 0 Å². The second-order valence-electron chi connectivity index (χ2n) is 7.17. The standard InChI is InChI=1S/C21H17FN6O3/c1-11-6-18(31-26-11)13-7-16(22)20-25-24-19(28(20)10-13)12(2)27-5-4-17-15(21(27)29)8-14(30-3)9-23-17/h4-10,12H,1-3H3/t12-/m0/s1. The Morgan fingerprint density at radius 1 is 1.23 bits per heavy atom. The largest absolute Gasteiger partial charge is 0.495 e. The number of ether oxygens (including phenoxy) is 1. The topological polar surface area (TPSA) is 100 Å². The van der Waals surface area contributed by atoms with Gasteiger partial charge in [0.25, 0.3) is 5.56 Å². The van der Waals surface area contributed by atoms with Crippen molar-refractivity contribution in [3.8, 4) is 17.1 Å². The number of aromatic nitrogens is 6. The lowest BCUT2D eigenvalue weighted by atomic mass is 10.2. The summed E-state index contributed by atoms with van der Waals surface area (Å²) >= 11 is 0. The first kappa shape index (κ1) is 18.9. The van der Waals surface area contributed by atoms with Gasteiger partial charge in [-0.25, -0.2) is 4.39 Å². The molecule has 5 heterocycles. The summed E-state index contributed by atoms with van der Waals surface area (Å²) in [4.78, 5) is 17.4. The highest BCUT2D eigenvalue weighted by Crippen LogP contribution is 2.25. The van der Waals surface area contributed by atoms with Gasteiger partial charge >= 0.3 is 0 Å². The van der Waals surface area contributed by atoms with Gasteiger partial charge < -0.3 is 13.8 Å². The van der Waals surface area contributed by atoms with Crippen molar-refractivity contribution in [1.82, 2.24) is 29.3 Å². The van der Waals surface area contributed by atoms with Crippen LogP contribution in [-0.2, 0) is 0 Å². The van der Waals surface area contributed by atoms with Gasteiger partial charge in [0, 0.05) is 24.0 Å². The zero-order chi connectivity index (χ0) is 21.7. The van der Waals surface area contributed by atoms with Crippen molar-refractivity contribution in [3.05, 3.63) is 70.5 Å². The van der Waals surface area contributed by atoms with E-state index in [1.165, 1.54) is 22.1 Å². The van der Waals surface area contributed by atoms with Gasteiger partial charge in [-0.3, -0.25) is 14.2 Å². The number of aryl methyl sites for hydroxylation is 1. The predicted octanol–water partition coefficient (Wildman–Crippen LogP) is 3.16.